The van der Waals surface area contributed by atoms with Crippen LogP contribution in [-0.4, -0.2) is 34.5 Å². The van der Waals surface area contributed by atoms with Gasteiger partial charge in [-0.15, -0.1) is 0 Å². The van der Waals surface area contributed by atoms with Gasteiger partial charge in [0.2, 0.25) is 0 Å². The summed E-state index contributed by atoms with van der Waals surface area (Å²) in [7, 11) is 0. The summed E-state index contributed by atoms with van der Waals surface area (Å²) in [5, 5.41) is 2.32. The molecule has 7 nitrogen and oxygen atoms in total. The average Bonchev–Trinajstić information content (AvgIpc) is 3.70. The summed E-state index contributed by atoms with van der Waals surface area (Å²) >= 11 is 0. The zero-order chi connectivity index (χ0) is 40.5. The Balaban J connectivity index is 1.22. The van der Waals surface area contributed by atoms with Crippen LogP contribution in [0.2, 0.25) is 0 Å². The molecule has 0 fully saturated rings. The van der Waals surface area contributed by atoms with E-state index < -0.39 is 0 Å². The Hall–Kier alpha value is -8.42. The van der Waals surface area contributed by atoms with Gasteiger partial charge in [-0.05, 0) is 29.8 Å². The van der Waals surface area contributed by atoms with Gasteiger partial charge in [0.05, 0.1) is 11.0 Å². The molecule has 0 radical (unpaired) electrons. The number of para-hydroxylation sites is 3. The van der Waals surface area contributed by atoms with Crippen LogP contribution in [-0.2, 0) is 0 Å². The zero-order valence-electron chi connectivity index (χ0n) is 32.8. The zero-order valence-corrected chi connectivity index (χ0v) is 32.8. The molecule has 0 atom stereocenters. The first kappa shape index (κ1) is 35.7. The summed E-state index contributed by atoms with van der Waals surface area (Å²) in [5.41, 5.74) is 10.5. The van der Waals surface area contributed by atoms with Crippen molar-refractivity contribution < 1.29 is 0 Å². The van der Waals surface area contributed by atoms with Crippen LogP contribution in [0.5, 0.6) is 0 Å². The quantitative estimate of drug-likeness (QED) is 0.153. The van der Waals surface area contributed by atoms with Crippen molar-refractivity contribution in [2.24, 2.45) is 0 Å². The lowest BCUT2D eigenvalue weighted by Crippen LogP contribution is -2.03. The predicted molar refractivity (Wildman–Crippen MR) is 246 cm³/mol. The lowest BCUT2D eigenvalue weighted by Gasteiger charge is -2.16. The molecule has 0 unspecified atom stereocenters. The maximum atomic E-state index is 5.27. The van der Waals surface area contributed by atoms with Crippen LogP contribution in [0.1, 0.15) is 0 Å². The van der Waals surface area contributed by atoms with E-state index in [9.17, 15) is 0 Å². The molecule has 0 amide bonds. The minimum Gasteiger partial charge on any atom is -0.309 e. The second-order valence-electron chi connectivity index (χ2n) is 14.7. The van der Waals surface area contributed by atoms with Crippen molar-refractivity contribution in [3.8, 4) is 85.1 Å². The smallest absolute Gasteiger partial charge is 0.164 e. The van der Waals surface area contributed by atoms with Gasteiger partial charge in [0.15, 0.2) is 34.9 Å². The van der Waals surface area contributed by atoms with Gasteiger partial charge in [-0.25, -0.2) is 29.9 Å². The Morgan fingerprint density at radius 1 is 0.262 bits per heavy atom. The van der Waals surface area contributed by atoms with Crippen LogP contribution in [0.4, 0.5) is 0 Å². The normalized spacial score (nSPS) is 11.3. The van der Waals surface area contributed by atoms with Crippen molar-refractivity contribution in [1.29, 1.82) is 0 Å². The first-order valence-corrected chi connectivity index (χ1v) is 20.2. The van der Waals surface area contributed by atoms with E-state index in [4.69, 9.17) is 29.9 Å². The molecule has 286 valence electrons. The molecule has 0 bridgehead atoms. The van der Waals surface area contributed by atoms with Crippen LogP contribution in [0.15, 0.2) is 212 Å². The van der Waals surface area contributed by atoms with E-state index >= 15 is 0 Å². The fourth-order valence-corrected chi connectivity index (χ4v) is 8.05. The van der Waals surface area contributed by atoms with Crippen molar-refractivity contribution >= 4 is 21.8 Å². The van der Waals surface area contributed by atoms with Gasteiger partial charge in [0.25, 0.3) is 0 Å². The molecule has 7 heteroatoms. The Morgan fingerprint density at radius 2 is 0.672 bits per heavy atom. The fourth-order valence-electron chi connectivity index (χ4n) is 8.05. The third-order valence-electron chi connectivity index (χ3n) is 10.9. The molecule has 0 spiro atoms. The van der Waals surface area contributed by atoms with Gasteiger partial charge in [-0.1, -0.05) is 188 Å². The molecule has 0 N–H and O–H groups in total. The molecule has 0 aliphatic heterocycles. The summed E-state index contributed by atoms with van der Waals surface area (Å²) < 4.78 is 2.36. The van der Waals surface area contributed by atoms with E-state index in [0.717, 1.165) is 66.6 Å². The molecule has 3 aromatic heterocycles. The minimum absolute atomic E-state index is 0.532. The third kappa shape index (κ3) is 6.70. The van der Waals surface area contributed by atoms with Crippen LogP contribution < -0.4 is 0 Å². The molecule has 0 saturated heterocycles. The lowest BCUT2D eigenvalue weighted by atomic mass is 9.94. The summed E-state index contributed by atoms with van der Waals surface area (Å²) in [5.74, 6) is 3.41. The number of benzene rings is 8. The molecule has 11 rings (SSSR count). The highest BCUT2D eigenvalue weighted by atomic mass is 15.0. The van der Waals surface area contributed by atoms with Gasteiger partial charge in [-0.2, -0.15) is 0 Å². The van der Waals surface area contributed by atoms with Crippen molar-refractivity contribution in [1.82, 2.24) is 34.5 Å². The minimum atomic E-state index is 0.532. The highest BCUT2D eigenvalue weighted by Gasteiger charge is 2.22. The fraction of sp³-hybridized carbons (Fsp3) is 0. The van der Waals surface area contributed by atoms with E-state index in [1.165, 1.54) is 5.39 Å². The van der Waals surface area contributed by atoms with Crippen molar-refractivity contribution in [2.75, 3.05) is 0 Å². The number of rotatable bonds is 8. The van der Waals surface area contributed by atoms with Crippen LogP contribution in [0.3, 0.4) is 0 Å². The molecule has 11 aromatic rings. The largest absolute Gasteiger partial charge is 0.309 e. The second-order valence-corrected chi connectivity index (χ2v) is 14.7. The number of nitrogens with zero attached hydrogens (tertiary/aromatic N) is 7. The third-order valence-corrected chi connectivity index (χ3v) is 10.9. The monoisotopic (exact) mass is 781 g/mol. The average molecular weight is 782 g/mol. The van der Waals surface area contributed by atoms with Crippen LogP contribution >= 0.6 is 0 Å². The van der Waals surface area contributed by atoms with Crippen LogP contribution in [0.25, 0.3) is 107 Å². The van der Waals surface area contributed by atoms with Crippen molar-refractivity contribution in [2.45, 2.75) is 0 Å². The van der Waals surface area contributed by atoms with Gasteiger partial charge in [0, 0.05) is 55.4 Å². The molecule has 8 aromatic carbocycles. The molecule has 0 aliphatic carbocycles. The predicted octanol–water partition coefficient (Wildman–Crippen LogP) is 12.8. The SMILES string of the molecule is c1ccc(-c2nc(-c3ccccc3)nc(-c3ccc(-c4cccc5c6ccccc6n(-c6ccccc6)c45)c(-c4nc(-c5ccccc5)nc(-c5ccccc5)n4)c3)n2)cc1. The second kappa shape index (κ2) is 15.4. The van der Waals surface area contributed by atoms with E-state index in [2.05, 4.69) is 95.6 Å². The standard InChI is InChI=1S/C54H35N7/c1-6-19-36(20-7-1)49-55-50(37-21-8-2-9-22-37)58-53(57-49)40-33-34-42(44-30-18-31-45-43-29-16-17-32-47(43)61(48(44)45)41-27-14-5-15-28-41)46(35-40)54-59-51(38-23-10-3-11-24-38)56-52(60-54)39-25-12-4-13-26-39/h1-35H. The van der Waals surface area contributed by atoms with Gasteiger partial charge in [0.1, 0.15) is 0 Å². The molecule has 3 heterocycles. The molecule has 61 heavy (non-hydrogen) atoms. The number of fused-ring (bicyclic) bond motifs is 3. The summed E-state index contributed by atoms with van der Waals surface area (Å²) in [6.45, 7) is 0. The Bertz CT molecular complexity index is 3220. The van der Waals surface area contributed by atoms with E-state index in [-0.39, 0.29) is 0 Å². The highest BCUT2D eigenvalue weighted by Crippen LogP contribution is 2.42. The maximum absolute atomic E-state index is 5.27. The Kier molecular flexibility index (Phi) is 9.02. The summed E-state index contributed by atoms with van der Waals surface area (Å²) in [4.78, 5) is 30.8. The van der Waals surface area contributed by atoms with Crippen LogP contribution in [0, 0.1) is 0 Å². The Morgan fingerprint density at radius 3 is 1.18 bits per heavy atom. The topological polar surface area (TPSA) is 82.3 Å². The number of hydrogen-bond acceptors (Lipinski definition) is 6. The lowest BCUT2D eigenvalue weighted by molar-refractivity contribution is 1.07. The first-order valence-electron chi connectivity index (χ1n) is 20.2. The van der Waals surface area contributed by atoms with E-state index in [0.29, 0.717) is 34.9 Å². The van der Waals surface area contributed by atoms with Gasteiger partial charge >= 0.3 is 0 Å². The van der Waals surface area contributed by atoms with Crippen molar-refractivity contribution in [3.63, 3.8) is 0 Å². The molecule has 0 saturated carbocycles. The summed E-state index contributed by atoms with van der Waals surface area (Å²) in [6.07, 6.45) is 0. The maximum Gasteiger partial charge on any atom is 0.164 e. The molecule has 0 aliphatic rings. The van der Waals surface area contributed by atoms with E-state index in [1.807, 2.05) is 121 Å². The Labute approximate surface area is 352 Å². The summed E-state index contributed by atoms with van der Waals surface area (Å²) in [6, 6.07) is 72.3. The van der Waals surface area contributed by atoms with Crippen molar-refractivity contribution in [3.05, 3.63) is 212 Å². The number of aromatic nitrogens is 7. The molecular formula is C54H35N7. The van der Waals surface area contributed by atoms with Gasteiger partial charge in [-0.3, -0.25) is 0 Å². The highest BCUT2D eigenvalue weighted by molar-refractivity contribution is 6.14. The number of hydrogen-bond donors (Lipinski definition) is 0. The van der Waals surface area contributed by atoms with Gasteiger partial charge < -0.3 is 4.57 Å². The molecular weight excluding hydrogens is 747 g/mol. The van der Waals surface area contributed by atoms with E-state index in [1.54, 1.807) is 0 Å². The first-order chi connectivity index (χ1) is 30.2.